The molecular formula is C23H30N8. The Hall–Kier alpha value is -3.18. The molecule has 8 nitrogen and oxygen atoms in total. The number of fused-ring (bicyclic) bond motifs is 2. The molecule has 0 saturated carbocycles. The summed E-state index contributed by atoms with van der Waals surface area (Å²) < 4.78 is 0. The number of hydrogen-bond acceptors (Lipinski definition) is 7. The minimum absolute atomic E-state index is 0.341. The number of aromatic amines is 1. The molecule has 0 aliphatic carbocycles. The molecule has 0 aromatic carbocycles. The maximum Gasteiger partial charge on any atom is 0.153 e. The molecule has 4 rings (SSSR count). The molecule has 0 spiro atoms. The number of aliphatic imine (C=N–C) groups is 1. The van der Waals surface area contributed by atoms with Gasteiger partial charge in [-0.1, -0.05) is 12.2 Å². The standard InChI is InChI=1S/C23H30N8/c1-4-6-19-20(25-3)14-21(27-22-11-15(2)29-30-22)28-23(19)26-16-12-17-7-8-18(13-16)31(17)10-5-9-24/h4,6,11,14,16-18H,3,5,7-8,10,12-13H2,1-2H3,(H3,26,27,28,29,30)/b6-4-/t16?,17-,18+. The van der Waals surface area contributed by atoms with Crippen molar-refractivity contribution in [3.63, 3.8) is 0 Å². The number of hydrogen-bond donors (Lipinski definition) is 3. The molecule has 8 heteroatoms. The van der Waals surface area contributed by atoms with E-state index in [9.17, 15) is 0 Å². The quantitative estimate of drug-likeness (QED) is 0.544. The van der Waals surface area contributed by atoms with Gasteiger partial charge >= 0.3 is 0 Å². The van der Waals surface area contributed by atoms with Crippen LogP contribution in [0, 0.1) is 18.3 Å². The first kappa shape index (κ1) is 21.1. The number of rotatable bonds is 8. The van der Waals surface area contributed by atoms with Crippen molar-refractivity contribution in [1.29, 1.82) is 5.26 Å². The first-order valence-corrected chi connectivity index (χ1v) is 10.9. The fraction of sp³-hybridized carbons (Fsp3) is 0.478. The first-order chi connectivity index (χ1) is 15.1. The van der Waals surface area contributed by atoms with Gasteiger partial charge in [0.05, 0.1) is 11.8 Å². The van der Waals surface area contributed by atoms with Gasteiger partial charge in [0.15, 0.2) is 5.82 Å². The third-order valence-corrected chi connectivity index (χ3v) is 6.21. The lowest BCUT2D eigenvalue weighted by Crippen LogP contribution is -2.47. The van der Waals surface area contributed by atoms with Crippen LogP contribution in [0.5, 0.6) is 0 Å². The van der Waals surface area contributed by atoms with E-state index in [2.05, 4.69) is 43.5 Å². The Balaban J connectivity index is 1.57. The third kappa shape index (κ3) is 4.62. The van der Waals surface area contributed by atoms with Gasteiger partial charge in [0.1, 0.15) is 11.6 Å². The summed E-state index contributed by atoms with van der Waals surface area (Å²) in [5.74, 6) is 2.21. The number of allylic oxidation sites excluding steroid dienone is 1. The van der Waals surface area contributed by atoms with Crippen molar-refractivity contribution in [3.8, 4) is 6.07 Å². The van der Waals surface area contributed by atoms with Gasteiger partial charge in [0.2, 0.25) is 0 Å². The van der Waals surface area contributed by atoms with Crippen LogP contribution < -0.4 is 10.6 Å². The fourth-order valence-corrected chi connectivity index (χ4v) is 4.92. The average Bonchev–Trinajstić information content (AvgIpc) is 3.26. The number of nitrogens with zero attached hydrogens (tertiary/aromatic N) is 5. The predicted octanol–water partition coefficient (Wildman–Crippen LogP) is 4.54. The van der Waals surface area contributed by atoms with Gasteiger partial charge in [-0.25, -0.2) is 4.98 Å². The summed E-state index contributed by atoms with van der Waals surface area (Å²) in [6.07, 6.45) is 9.17. The van der Waals surface area contributed by atoms with E-state index in [-0.39, 0.29) is 0 Å². The minimum Gasteiger partial charge on any atom is -0.367 e. The maximum atomic E-state index is 8.97. The number of piperidine rings is 1. The maximum absolute atomic E-state index is 8.97. The number of pyridine rings is 1. The highest BCUT2D eigenvalue weighted by molar-refractivity contribution is 5.78. The Morgan fingerprint density at radius 2 is 2.10 bits per heavy atom. The van der Waals surface area contributed by atoms with Crippen LogP contribution in [0.3, 0.4) is 0 Å². The van der Waals surface area contributed by atoms with E-state index in [0.29, 0.717) is 36.2 Å². The van der Waals surface area contributed by atoms with Crippen LogP contribution >= 0.6 is 0 Å². The molecule has 4 heterocycles. The number of aryl methyl sites for hydroxylation is 1. The first-order valence-electron chi connectivity index (χ1n) is 10.9. The molecule has 2 bridgehead atoms. The van der Waals surface area contributed by atoms with Crippen LogP contribution in [0.1, 0.15) is 50.3 Å². The lowest BCUT2D eigenvalue weighted by molar-refractivity contribution is 0.135. The molecular weight excluding hydrogens is 388 g/mol. The lowest BCUT2D eigenvalue weighted by Gasteiger charge is -2.39. The second kappa shape index (κ2) is 9.31. The van der Waals surface area contributed by atoms with Crippen LogP contribution in [0.15, 0.2) is 23.2 Å². The van der Waals surface area contributed by atoms with Crippen molar-refractivity contribution >= 4 is 35.9 Å². The van der Waals surface area contributed by atoms with Crippen molar-refractivity contribution in [1.82, 2.24) is 20.1 Å². The van der Waals surface area contributed by atoms with E-state index in [1.807, 2.05) is 38.1 Å². The fourth-order valence-electron chi connectivity index (χ4n) is 4.92. The molecule has 2 aromatic heterocycles. The van der Waals surface area contributed by atoms with Crippen LogP contribution in [0.4, 0.5) is 23.1 Å². The zero-order valence-corrected chi connectivity index (χ0v) is 18.2. The smallest absolute Gasteiger partial charge is 0.153 e. The monoisotopic (exact) mass is 418 g/mol. The Morgan fingerprint density at radius 3 is 2.71 bits per heavy atom. The average molecular weight is 419 g/mol. The molecule has 31 heavy (non-hydrogen) atoms. The Bertz CT molecular complexity index is 987. The minimum atomic E-state index is 0.341. The molecule has 3 N–H and O–H groups in total. The Labute approximate surface area is 183 Å². The molecule has 3 atom stereocenters. The second-order valence-electron chi connectivity index (χ2n) is 8.35. The van der Waals surface area contributed by atoms with Gasteiger partial charge in [-0.15, -0.1) is 0 Å². The predicted molar refractivity (Wildman–Crippen MR) is 125 cm³/mol. The highest BCUT2D eigenvalue weighted by Gasteiger charge is 2.40. The Morgan fingerprint density at radius 1 is 1.32 bits per heavy atom. The largest absolute Gasteiger partial charge is 0.367 e. The van der Waals surface area contributed by atoms with E-state index in [4.69, 9.17) is 10.2 Å². The summed E-state index contributed by atoms with van der Waals surface area (Å²) in [5, 5.41) is 23.1. The second-order valence-corrected chi connectivity index (χ2v) is 8.35. The van der Waals surface area contributed by atoms with Crippen molar-refractivity contribution < 1.29 is 0 Å². The van der Waals surface area contributed by atoms with Gasteiger partial charge in [0.25, 0.3) is 0 Å². The van der Waals surface area contributed by atoms with Crippen LogP contribution in [-0.4, -0.2) is 51.5 Å². The molecule has 0 radical (unpaired) electrons. The van der Waals surface area contributed by atoms with E-state index in [0.717, 1.165) is 42.1 Å². The molecule has 2 aromatic rings. The van der Waals surface area contributed by atoms with E-state index in [1.165, 1.54) is 12.8 Å². The normalized spacial score (nSPS) is 23.1. The van der Waals surface area contributed by atoms with Gasteiger partial charge in [-0.3, -0.25) is 15.0 Å². The number of anilines is 3. The molecule has 2 saturated heterocycles. The van der Waals surface area contributed by atoms with E-state index in [1.54, 1.807) is 0 Å². The summed E-state index contributed by atoms with van der Waals surface area (Å²) >= 11 is 0. The van der Waals surface area contributed by atoms with Crippen molar-refractivity contribution in [2.24, 2.45) is 4.99 Å². The highest BCUT2D eigenvalue weighted by Crippen LogP contribution is 2.38. The number of aromatic nitrogens is 3. The third-order valence-electron chi connectivity index (χ3n) is 6.21. The molecule has 1 unspecified atom stereocenters. The molecule has 2 fully saturated rings. The number of nitriles is 1. The SMILES string of the molecule is C=Nc1cc(Nc2cc(C)[nH]n2)nc(NC2C[C@H]3CC[C@@H](C2)N3CCC#N)c1/C=C\C. The topological polar surface area (TPSA) is 105 Å². The van der Waals surface area contributed by atoms with Crippen molar-refractivity contribution in [3.05, 3.63) is 29.5 Å². The summed E-state index contributed by atoms with van der Waals surface area (Å²) in [7, 11) is 0. The van der Waals surface area contributed by atoms with Crippen LogP contribution in [0.25, 0.3) is 6.08 Å². The van der Waals surface area contributed by atoms with Crippen molar-refractivity contribution in [2.75, 3.05) is 17.2 Å². The highest BCUT2D eigenvalue weighted by atomic mass is 15.2. The Kier molecular flexibility index (Phi) is 6.33. The van der Waals surface area contributed by atoms with Gasteiger partial charge < -0.3 is 10.6 Å². The molecule has 2 aliphatic heterocycles. The summed E-state index contributed by atoms with van der Waals surface area (Å²) in [4.78, 5) is 11.7. The zero-order valence-electron chi connectivity index (χ0n) is 18.2. The summed E-state index contributed by atoms with van der Waals surface area (Å²) in [5.41, 5.74) is 2.70. The van der Waals surface area contributed by atoms with Gasteiger partial charge in [-0.05, 0) is 46.2 Å². The molecule has 0 amide bonds. The number of H-pyrrole nitrogens is 1. The summed E-state index contributed by atoms with van der Waals surface area (Å²) in [6.45, 7) is 8.60. The van der Waals surface area contributed by atoms with Crippen molar-refractivity contribution in [2.45, 2.75) is 64.1 Å². The number of nitrogens with one attached hydrogen (secondary N) is 3. The van der Waals surface area contributed by atoms with Gasteiger partial charge in [-0.2, -0.15) is 10.4 Å². The van der Waals surface area contributed by atoms with Crippen LogP contribution in [-0.2, 0) is 0 Å². The zero-order chi connectivity index (χ0) is 21.8. The van der Waals surface area contributed by atoms with E-state index >= 15 is 0 Å². The molecule has 2 aliphatic rings. The van der Waals surface area contributed by atoms with E-state index < -0.39 is 0 Å². The molecule has 162 valence electrons. The van der Waals surface area contributed by atoms with Crippen LogP contribution in [0.2, 0.25) is 0 Å². The lowest BCUT2D eigenvalue weighted by atomic mass is 9.96. The summed E-state index contributed by atoms with van der Waals surface area (Å²) in [6, 6.07) is 7.54. The van der Waals surface area contributed by atoms with Gasteiger partial charge in [0, 0.05) is 54.5 Å².